The summed E-state index contributed by atoms with van der Waals surface area (Å²) in [7, 11) is 0. The molecule has 2 rings (SSSR count). The van der Waals surface area contributed by atoms with Crippen LogP contribution in [0.15, 0.2) is 0 Å². The molecule has 0 heterocycles. The van der Waals surface area contributed by atoms with Crippen molar-refractivity contribution in [2.24, 2.45) is 29.1 Å². The minimum Gasteiger partial charge on any atom is -0.0654 e. The number of fused-ring (bicyclic) bond motifs is 1. The van der Waals surface area contributed by atoms with Gasteiger partial charge in [0.15, 0.2) is 0 Å². The van der Waals surface area contributed by atoms with Gasteiger partial charge in [-0.2, -0.15) is 0 Å². The molecule has 2 saturated carbocycles. The maximum Gasteiger partial charge on any atom is -0.0269 e. The first-order valence-corrected chi connectivity index (χ1v) is 10.6. The molecule has 0 aliphatic heterocycles. The third-order valence-electron chi connectivity index (χ3n) is 7.70. The van der Waals surface area contributed by atoms with Crippen molar-refractivity contribution < 1.29 is 0 Å². The standard InChI is InChI=1S/C22H42/c1-5-11-20-13-8-7-12-19(6-2)18(3)15-16-21-14-9-10-17-22(20,21)4/h18-21H,5-17H2,1-4H3. The maximum absolute atomic E-state index is 2.69. The zero-order chi connectivity index (χ0) is 16.0. The van der Waals surface area contributed by atoms with E-state index in [1.807, 2.05) is 0 Å². The minimum absolute atomic E-state index is 0.667. The molecular weight excluding hydrogens is 264 g/mol. The topological polar surface area (TPSA) is 0 Å². The Hall–Kier alpha value is 0. The van der Waals surface area contributed by atoms with E-state index in [2.05, 4.69) is 27.7 Å². The summed E-state index contributed by atoms with van der Waals surface area (Å²) in [5.74, 6) is 3.99. The van der Waals surface area contributed by atoms with Crippen molar-refractivity contribution in [1.29, 1.82) is 0 Å². The van der Waals surface area contributed by atoms with E-state index in [-0.39, 0.29) is 0 Å². The molecule has 0 amide bonds. The molecule has 2 aliphatic carbocycles. The summed E-state index contributed by atoms with van der Waals surface area (Å²) in [5.41, 5.74) is 0.667. The Balaban J connectivity index is 2.14. The molecule has 22 heavy (non-hydrogen) atoms. The quantitative estimate of drug-likeness (QED) is 0.503. The van der Waals surface area contributed by atoms with Crippen LogP contribution in [0.1, 0.15) is 111 Å². The molecule has 0 bridgehead atoms. The Labute approximate surface area is 140 Å². The van der Waals surface area contributed by atoms with E-state index in [4.69, 9.17) is 0 Å². The molecule has 5 unspecified atom stereocenters. The summed E-state index contributed by atoms with van der Waals surface area (Å²) in [6.07, 6.45) is 19.4. The third kappa shape index (κ3) is 4.30. The third-order valence-corrected chi connectivity index (χ3v) is 7.70. The van der Waals surface area contributed by atoms with Gasteiger partial charge in [0.2, 0.25) is 0 Å². The van der Waals surface area contributed by atoms with Crippen LogP contribution in [0.4, 0.5) is 0 Å². The van der Waals surface area contributed by atoms with Gasteiger partial charge in [0.1, 0.15) is 0 Å². The van der Waals surface area contributed by atoms with Gasteiger partial charge in [0, 0.05) is 0 Å². The van der Waals surface area contributed by atoms with E-state index >= 15 is 0 Å². The average Bonchev–Trinajstić information content (AvgIpc) is 2.54. The highest BCUT2D eigenvalue weighted by atomic mass is 14.5. The molecule has 0 aromatic carbocycles. The summed E-state index contributed by atoms with van der Waals surface area (Å²) in [6, 6.07) is 0. The van der Waals surface area contributed by atoms with Crippen molar-refractivity contribution in [1.82, 2.24) is 0 Å². The maximum atomic E-state index is 2.69. The van der Waals surface area contributed by atoms with Gasteiger partial charge in [-0.25, -0.2) is 0 Å². The Kier molecular flexibility index (Phi) is 7.29. The molecule has 0 radical (unpaired) electrons. The van der Waals surface area contributed by atoms with Crippen molar-refractivity contribution in [3.05, 3.63) is 0 Å². The summed E-state index contributed by atoms with van der Waals surface area (Å²) in [5, 5.41) is 0. The van der Waals surface area contributed by atoms with E-state index in [9.17, 15) is 0 Å². The lowest BCUT2D eigenvalue weighted by atomic mass is 9.57. The first kappa shape index (κ1) is 18.3. The molecule has 0 nitrogen and oxygen atoms in total. The smallest absolute Gasteiger partial charge is 0.0269 e. The first-order chi connectivity index (χ1) is 10.6. The van der Waals surface area contributed by atoms with Crippen molar-refractivity contribution in [2.75, 3.05) is 0 Å². The molecule has 130 valence electrons. The Morgan fingerprint density at radius 1 is 0.864 bits per heavy atom. The summed E-state index contributed by atoms with van der Waals surface area (Å²) in [4.78, 5) is 0. The fraction of sp³-hybridized carbons (Fsp3) is 1.00. The highest BCUT2D eigenvalue weighted by molar-refractivity contribution is 4.92. The van der Waals surface area contributed by atoms with Gasteiger partial charge in [0.05, 0.1) is 0 Å². The number of hydrogen-bond acceptors (Lipinski definition) is 0. The van der Waals surface area contributed by atoms with Crippen molar-refractivity contribution in [3.63, 3.8) is 0 Å². The van der Waals surface area contributed by atoms with Crippen LogP contribution in [0.5, 0.6) is 0 Å². The summed E-state index contributed by atoms with van der Waals surface area (Å²) in [6.45, 7) is 10.1. The molecule has 0 saturated heterocycles. The van der Waals surface area contributed by atoms with Crippen LogP contribution in [-0.2, 0) is 0 Å². The molecule has 0 heteroatoms. The Morgan fingerprint density at radius 2 is 1.59 bits per heavy atom. The average molecular weight is 307 g/mol. The van der Waals surface area contributed by atoms with E-state index in [1.165, 1.54) is 83.5 Å². The molecule has 5 atom stereocenters. The molecule has 0 N–H and O–H groups in total. The Morgan fingerprint density at radius 3 is 2.32 bits per heavy atom. The van der Waals surface area contributed by atoms with Gasteiger partial charge in [-0.1, -0.05) is 85.5 Å². The molecule has 0 aromatic heterocycles. The number of rotatable bonds is 3. The zero-order valence-corrected chi connectivity index (χ0v) is 16.0. The van der Waals surface area contributed by atoms with Crippen LogP contribution in [0.3, 0.4) is 0 Å². The largest absolute Gasteiger partial charge is 0.0654 e. The summed E-state index contributed by atoms with van der Waals surface area (Å²) >= 11 is 0. The molecule has 0 aromatic rings. The monoisotopic (exact) mass is 306 g/mol. The molecule has 2 fully saturated rings. The molecular formula is C22H42. The fourth-order valence-corrected chi connectivity index (χ4v) is 5.98. The second-order valence-electron chi connectivity index (χ2n) is 8.94. The van der Waals surface area contributed by atoms with Crippen LogP contribution < -0.4 is 0 Å². The van der Waals surface area contributed by atoms with Crippen LogP contribution in [0, 0.1) is 29.1 Å². The Bertz CT molecular complexity index is 307. The fourth-order valence-electron chi connectivity index (χ4n) is 5.98. The van der Waals surface area contributed by atoms with E-state index in [0.29, 0.717) is 5.41 Å². The van der Waals surface area contributed by atoms with Gasteiger partial charge in [-0.05, 0) is 54.8 Å². The van der Waals surface area contributed by atoms with E-state index in [1.54, 1.807) is 0 Å². The van der Waals surface area contributed by atoms with Crippen molar-refractivity contribution in [2.45, 2.75) is 111 Å². The van der Waals surface area contributed by atoms with Gasteiger partial charge >= 0.3 is 0 Å². The molecule has 0 spiro atoms. The lowest BCUT2D eigenvalue weighted by Crippen LogP contribution is -2.38. The van der Waals surface area contributed by atoms with E-state index in [0.717, 1.165) is 23.7 Å². The van der Waals surface area contributed by atoms with Crippen LogP contribution in [-0.4, -0.2) is 0 Å². The summed E-state index contributed by atoms with van der Waals surface area (Å²) < 4.78 is 0. The van der Waals surface area contributed by atoms with Gasteiger partial charge in [-0.3, -0.25) is 0 Å². The SMILES string of the molecule is CCCC1CCCCC(CC)C(C)CCC2CCCCC12C. The lowest BCUT2D eigenvalue weighted by molar-refractivity contribution is 0.0238. The van der Waals surface area contributed by atoms with Gasteiger partial charge in [0.25, 0.3) is 0 Å². The van der Waals surface area contributed by atoms with Gasteiger partial charge < -0.3 is 0 Å². The van der Waals surface area contributed by atoms with Crippen LogP contribution in [0.25, 0.3) is 0 Å². The van der Waals surface area contributed by atoms with E-state index < -0.39 is 0 Å². The highest BCUT2D eigenvalue weighted by Gasteiger charge is 2.42. The normalized spacial score (nSPS) is 41.5. The predicted molar refractivity (Wildman–Crippen MR) is 99.1 cm³/mol. The van der Waals surface area contributed by atoms with Gasteiger partial charge in [-0.15, -0.1) is 0 Å². The second-order valence-corrected chi connectivity index (χ2v) is 8.94. The van der Waals surface area contributed by atoms with Crippen molar-refractivity contribution in [3.8, 4) is 0 Å². The predicted octanol–water partition coefficient (Wildman–Crippen LogP) is 7.62. The number of hydrogen-bond donors (Lipinski definition) is 0. The second kappa shape index (κ2) is 8.74. The molecule has 2 aliphatic rings. The van der Waals surface area contributed by atoms with Crippen LogP contribution in [0.2, 0.25) is 0 Å². The first-order valence-electron chi connectivity index (χ1n) is 10.6. The van der Waals surface area contributed by atoms with Crippen molar-refractivity contribution >= 4 is 0 Å². The minimum atomic E-state index is 0.667. The lowest BCUT2D eigenvalue weighted by Gasteiger charge is -2.48. The highest BCUT2D eigenvalue weighted by Crippen LogP contribution is 2.52. The zero-order valence-electron chi connectivity index (χ0n) is 16.0. The van der Waals surface area contributed by atoms with Crippen LogP contribution >= 0.6 is 0 Å².